The monoisotopic (exact) mass is 304 g/mol. The molecule has 0 spiro atoms. The van der Waals surface area contributed by atoms with Crippen molar-refractivity contribution in [3.63, 3.8) is 0 Å². The van der Waals surface area contributed by atoms with Crippen molar-refractivity contribution in [2.24, 2.45) is 0 Å². The fourth-order valence-corrected chi connectivity index (χ4v) is 3.60. The number of carboxylic acids is 1. The van der Waals surface area contributed by atoms with Crippen LogP contribution in [0.4, 0.5) is 5.82 Å². The van der Waals surface area contributed by atoms with Gasteiger partial charge in [-0.3, -0.25) is 0 Å². The molecule has 0 saturated heterocycles. The maximum atomic E-state index is 10.8. The van der Waals surface area contributed by atoms with Crippen molar-refractivity contribution >= 4 is 23.1 Å². The van der Waals surface area contributed by atoms with Gasteiger partial charge in [-0.2, -0.15) is 0 Å². The topological polar surface area (TPSA) is 79.2 Å². The molecule has 2 aromatic heterocycles. The molecule has 3 rings (SSSR count). The zero-order valence-electron chi connectivity index (χ0n) is 11.7. The quantitative estimate of drug-likeness (QED) is 0.932. The van der Waals surface area contributed by atoms with Gasteiger partial charge in [-0.05, 0) is 25.7 Å². The Balaban J connectivity index is 1.72. The summed E-state index contributed by atoms with van der Waals surface area (Å²) in [4.78, 5) is 26.8. The molecular formula is C14H16N4O2S. The van der Waals surface area contributed by atoms with Crippen molar-refractivity contribution in [2.45, 2.75) is 32.2 Å². The Bertz CT molecular complexity index is 630. The Kier molecular flexibility index (Phi) is 3.83. The number of rotatable bonds is 4. The third-order valence-corrected chi connectivity index (χ3v) is 4.65. The van der Waals surface area contributed by atoms with Gasteiger partial charge in [0, 0.05) is 11.9 Å². The summed E-state index contributed by atoms with van der Waals surface area (Å²) in [6.45, 7) is 0.665. The molecule has 0 atom stereocenters. The Morgan fingerprint density at radius 2 is 2.14 bits per heavy atom. The van der Waals surface area contributed by atoms with Gasteiger partial charge in [0.05, 0.1) is 24.6 Å². The summed E-state index contributed by atoms with van der Waals surface area (Å²) in [6, 6.07) is 0. The van der Waals surface area contributed by atoms with Crippen LogP contribution >= 0.6 is 11.3 Å². The molecule has 6 nitrogen and oxygen atoms in total. The lowest BCUT2D eigenvalue weighted by Crippen LogP contribution is -2.18. The molecule has 110 valence electrons. The number of aryl methyl sites for hydroxylation is 2. The lowest BCUT2D eigenvalue weighted by Gasteiger charge is -2.15. The minimum absolute atomic E-state index is 0.0446. The standard InChI is InChI=1S/C14H16N4O2S/c1-18(12-7-15-10(6-16-12)14(19)20)8-13-17-9-4-2-3-5-11(9)21-13/h6-7H,2-5,8H2,1H3,(H,19,20). The predicted octanol–water partition coefficient (Wildman–Crippen LogP) is 2.15. The average molecular weight is 304 g/mol. The van der Waals surface area contributed by atoms with E-state index >= 15 is 0 Å². The number of thiazole rings is 1. The van der Waals surface area contributed by atoms with E-state index in [1.54, 1.807) is 11.3 Å². The second-order valence-corrected chi connectivity index (χ2v) is 6.27. The fraction of sp³-hybridized carbons (Fsp3) is 0.429. The molecule has 1 aliphatic rings. The summed E-state index contributed by atoms with van der Waals surface area (Å²) in [6.07, 6.45) is 7.48. The van der Waals surface area contributed by atoms with E-state index in [9.17, 15) is 4.79 Å². The van der Waals surface area contributed by atoms with Crippen molar-refractivity contribution in [3.8, 4) is 0 Å². The molecule has 0 aromatic carbocycles. The number of hydrogen-bond acceptors (Lipinski definition) is 6. The first-order chi connectivity index (χ1) is 10.1. The highest BCUT2D eigenvalue weighted by atomic mass is 32.1. The van der Waals surface area contributed by atoms with Gasteiger partial charge in [0.25, 0.3) is 0 Å². The maximum absolute atomic E-state index is 10.8. The largest absolute Gasteiger partial charge is 0.476 e. The number of hydrogen-bond donors (Lipinski definition) is 1. The van der Waals surface area contributed by atoms with Gasteiger partial charge < -0.3 is 10.0 Å². The molecule has 1 N–H and O–H groups in total. The first-order valence-corrected chi connectivity index (χ1v) is 7.69. The molecule has 2 aromatic rings. The van der Waals surface area contributed by atoms with Gasteiger partial charge in [0.2, 0.25) is 0 Å². The Morgan fingerprint density at radius 3 is 2.81 bits per heavy atom. The van der Waals surface area contributed by atoms with Crippen LogP contribution in [0.15, 0.2) is 12.4 Å². The van der Waals surface area contributed by atoms with Crippen molar-refractivity contribution in [1.29, 1.82) is 0 Å². The van der Waals surface area contributed by atoms with E-state index in [1.165, 1.54) is 35.8 Å². The van der Waals surface area contributed by atoms with E-state index in [1.807, 2.05) is 11.9 Å². The third-order valence-electron chi connectivity index (χ3n) is 3.51. The Labute approximate surface area is 126 Å². The number of aromatic nitrogens is 3. The number of carboxylic acid groups (broad SMARTS) is 1. The van der Waals surface area contributed by atoms with Crippen molar-refractivity contribution in [3.05, 3.63) is 33.7 Å². The summed E-state index contributed by atoms with van der Waals surface area (Å²) >= 11 is 1.77. The highest BCUT2D eigenvalue weighted by molar-refractivity contribution is 7.11. The van der Waals surface area contributed by atoms with Crippen LogP contribution in [-0.4, -0.2) is 33.1 Å². The molecule has 0 radical (unpaired) electrons. The molecule has 1 aliphatic carbocycles. The minimum atomic E-state index is -1.07. The second kappa shape index (κ2) is 5.77. The lowest BCUT2D eigenvalue weighted by molar-refractivity contribution is 0.0690. The van der Waals surface area contributed by atoms with Gasteiger partial charge in [-0.1, -0.05) is 0 Å². The zero-order valence-corrected chi connectivity index (χ0v) is 12.6. The summed E-state index contributed by atoms with van der Waals surface area (Å²) in [5.74, 6) is -0.419. The van der Waals surface area contributed by atoms with Crippen LogP contribution in [0.1, 0.15) is 38.9 Å². The Morgan fingerprint density at radius 1 is 1.33 bits per heavy atom. The molecule has 7 heteroatoms. The smallest absolute Gasteiger partial charge is 0.356 e. The molecule has 0 aliphatic heterocycles. The number of nitrogens with zero attached hydrogens (tertiary/aromatic N) is 4. The first-order valence-electron chi connectivity index (χ1n) is 6.87. The van der Waals surface area contributed by atoms with Crippen LogP contribution < -0.4 is 4.90 Å². The van der Waals surface area contributed by atoms with E-state index in [4.69, 9.17) is 10.1 Å². The summed E-state index contributed by atoms with van der Waals surface area (Å²) in [7, 11) is 1.91. The van der Waals surface area contributed by atoms with Gasteiger partial charge in [-0.25, -0.2) is 19.7 Å². The van der Waals surface area contributed by atoms with Crippen LogP contribution in [0.3, 0.4) is 0 Å². The van der Waals surface area contributed by atoms with Crippen molar-refractivity contribution < 1.29 is 9.90 Å². The van der Waals surface area contributed by atoms with Crippen LogP contribution in [0.25, 0.3) is 0 Å². The van der Waals surface area contributed by atoms with Gasteiger partial charge in [0.15, 0.2) is 5.69 Å². The zero-order chi connectivity index (χ0) is 14.8. The minimum Gasteiger partial charge on any atom is -0.476 e. The number of fused-ring (bicyclic) bond motifs is 1. The third kappa shape index (κ3) is 3.02. The molecule has 0 amide bonds. The molecule has 0 saturated carbocycles. The predicted molar refractivity (Wildman–Crippen MR) is 79.9 cm³/mol. The summed E-state index contributed by atoms with van der Waals surface area (Å²) in [5, 5.41) is 9.90. The van der Waals surface area contributed by atoms with Crippen LogP contribution in [0.2, 0.25) is 0 Å². The van der Waals surface area contributed by atoms with E-state index < -0.39 is 5.97 Å². The molecule has 0 bridgehead atoms. The van der Waals surface area contributed by atoms with E-state index in [2.05, 4.69) is 9.97 Å². The highest BCUT2D eigenvalue weighted by Gasteiger charge is 2.16. The number of aromatic carboxylic acids is 1. The van der Waals surface area contributed by atoms with Gasteiger partial charge in [-0.15, -0.1) is 11.3 Å². The maximum Gasteiger partial charge on any atom is 0.356 e. The highest BCUT2D eigenvalue weighted by Crippen LogP contribution is 2.27. The molecule has 21 heavy (non-hydrogen) atoms. The van der Waals surface area contributed by atoms with Gasteiger partial charge in [0.1, 0.15) is 10.8 Å². The average Bonchev–Trinajstić information content (AvgIpc) is 2.89. The fourth-order valence-electron chi connectivity index (χ4n) is 2.39. The molecule has 2 heterocycles. The normalized spacial score (nSPS) is 13.8. The van der Waals surface area contributed by atoms with Crippen molar-refractivity contribution in [1.82, 2.24) is 15.0 Å². The van der Waals surface area contributed by atoms with E-state index in [0.717, 1.165) is 17.8 Å². The summed E-state index contributed by atoms with van der Waals surface area (Å²) < 4.78 is 0. The Hall–Kier alpha value is -2.02. The van der Waals surface area contributed by atoms with Crippen LogP contribution in [0, 0.1) is 0 Å². The molecule has 0 fully saturated rings. The van der Waals surface area contributed by atoms with Gasteiger partial charge >= 0.3 is 5.97 Å². The number of anilines is 1. The first kappa shape index (κ1) is 13.9. The number of carbonyl (C=O) groups is 1. The van der Waals surface area contributed by atoms with E-state index in [-0.39, 0.29) is 5.69 Å². The molecular weight excluding hydrogens is 288 g/mol. The van der Waals surface area contributed by atoms with Crippen LogP contribution in [-0.2, 0) is 19.4 Å². The summed E-state index contributed by atoms with van der Waals surface area (Å²) in [5.41, 5.74) is 1.21. The van der Waals surface area contributed by atoms with Crippen LogP contribution in [0.5, 0.6) is 0 Å². The molecule has 0 unspecified atom stereocenters. The lowest BCUT2D eigenvalue weighted by atomic mass is 10.0. The second-order valence-electron chi connectivity index (χ2n) is 5.11. The van der Waals surface area contributed by atoms with E-state index in [0.29, 0.717) is 12.4 Å². The SMILES string of the molecule is CN(Cc1nc2c(s1)CCCC2)c1cnc(C(=O)O)cn1. The van der Waals surface area contributed by atoms with Crippen molar-refractivity contribution in [2.75, 3.05) is 11.9 Å².